The predicted octanol–water partition coefficient (Wildman–Crippen LogP) is 4.84. The number of rotatable bonds is 3. The van der Waals surface area contributed by atoms with E-state index in [0.29, 0.717) is 10.2 Å². The van der Waals surface area contributed by atoms with Crippen LogP contribution in [0.4, 0.5) is 4.39 Å². The average Bonchev–Trinajstić information content (AvgIpc) is 2.32. The van der Waals surface area contributed by atoms with Crippen LogP contribution in [0.1, 0.15) is 10.4 Å². The van der Waals surface area contributed by atoms with Crippen molar-refractivity contribution in [3.8, 4) is 11.5 Å². The van der Waals surface area contributed by atoms with Gasteiger partial charge in [-0.3, -0.25) is 0 Å². The quantitative estimate of drug-likeness (QED) is 0.816. The first-order chi connectivity index (χ1) is 8.99. The molecule has 2 rings (SSSR count). The van der Waals surface area contributed by atoms with Crippen molar-refractivity contribution in [1.82, 2.24) is 0 Å². The fraction of sp³-hybridized carbons (Fsp3) is 0. The fourth-order valence-corrected chi connectivity index (χ4v) is 2.60. The van der Waals surface area contributed by atoms with Gasteiger partial charge in [-0.15, -0.1) is 0 Å². The molecule has 0 spiro atoms. The maximum absolute atomic E-state index is 13.5. The van der Waals surface area contributed by atoms with Crippen molar-refractivity contribution in [3.63, 3.8) is 0 Å². The van der Waals surface area contributed by atoms with Gasteiger partial charge in [-0.1, -0.05) is 22.0 Å². The second-order valence-corrected chi connectivity index (χ2v) is 5.36. The molecule has 6 heteroatoms. The molecule has 2 aromatic rings. The van der Waals surface area contributed by atoms with Gasteiger partial charge in [-0.25, -0.2) is 9.18 Å². The van der Waals surface area contributed by atoms with E-state index in [1.807, 2.05) is 0 Å². The number of ether oxygens (including phenoxy) is 1. The van der Waals surface area contributed by atoms with E-state index in [4.69, 9.17) is 9.84 Å². The van der Waals surface area contributed by atoms with E-state index in [1.54, 1.807) is 18.2 Å². The molecule has 98 valence electrons. The molecule has 3 nitrogen and oxygen atoms in total. The number of hydrogen-bond acceptors (Lipinski definition) is 2. The lowest BCUT2D eigenvalue weighted by Crippen LogP contribution is -2.03. The van der Waals surface area contributed by atoms with Crippen molar-refractivity contribution in [2.45, 2.75) is 0 Å². The molecule has 0 saturated heterocycles. The summed E-state index contributed by atoms with van der Waals surface area (Å²) in [5.41, 5.74) is -0.489. The molecule has 1 N–H and O–H groups in total. The Hall–Kier alpha value is -1.40. The van der Waals surface area contributed by atoms with Gasteiger partial charge in [0.2, 0.25) is 0 Å². The predicted molar refractivity (Wildman–Crippen MR) is 75.3 cm³/mol. The van der Waals surface area contributed by atoms with Gasteiger partial charge >= 0.3 is 5.97 Å². The first kappa shape index (κ1) is 14.0. The summed E-state index contributed by atoms with van der Waals surface area (Å²) < 4.78 is 20.4. The molecule has 0 radical (unpaired) electrons. The molecule has 0 aliphatic rings. The molecule has 0 aliphatic carbocycles. The lowest BCUT2D eigenvalue weighted by molar-refractivity contribution is 0.0689. The Morgan fingerprint density at radius 1 is 1.16 bits per heavy atom. The van der Waals surface area contributed by atoms with Crippen LogP contribution >= 0.6 is 31.9 Å². The highest BCUT2D eigenvalue weighted by atomic mass is 79.9. The van der Waals surface area contributed by atoms with Crippen molar-refractivity contribution >= 4 is 37.8 Å². The number of carbonyl (C=O) groups is 1. The Balaban J connectivity index is 2.44. The zero-order valence-corrected chi connectivity index (χ0v) is 12.5. The van der Waals surface area contributed by atoms with Crippen molar-refractivity contribution in [3.05, 3.63) is 56.7 Å². The molecule has 0 unspecified atom stereocenters. The molecule has 0 atom stereocenters. The monoisotopic (exact) mass is 388 g/mol. The van der Waals surface area contributed by atoms with Crippen LogP contribution in [0.15, 0.2) is 45.3 Å². The molecular formula is C13H7Br2FO3. The lowest BCUT2D eigenvalue weighted by atomic mass is 10.2. The molecule has 0 saturated carbocycles. The van der Waals surface area contributed by atoms with Gasteiger partial charge in [0.1, 0.15) is 22.9 Å². The van der Waals surface area contributed by atoms with Crippen molar-refractivity contribution in [2.24, 2.45) is 0 Å². The third-order valence-corrected chi connectivity index (χ3v) is 3.42. The van der Waals surface area contributed by atoms with Crippen LogP contribution in [0.3, 0.4) is 0 Å². The van der Waals surface area contributed by atoms with Crippen molar-refractivity contribution < 1.29 is 19.0 Å². The maximum atomic E-state index is 13.5. The minimum Gasteiger partial charge on any atom is -0.477 e. The number of halogens is 3. The highest BCUT2D eigenvalue weighted by molar-refractivity contribution is 9.11. The summed E-state index contributed by atoms with van der Waals surface area (Å²) in [4.78, 5) is 11.0. The van der Waals surface area contributed by atoms with Crippen LogP contribution in [0.5, 0.6) is 11.5 Å². The summed E-state index contributed by atoms with van der Waals surface area (Å²) in [6, 6.07) is 9.00. The molecule has 0 aliphatic heterocycles. The number of benzene rings is 2. The Morgan fingerprint density at radius 3 is 2.53 bits per heavy atom. The number of carboxylic acids is 1. The summed E-state index contributed by atoms with van der Waals surface area (Å²) in [5.74, 6) is -1.86. The van der Waals surface area contributed by atoms with E-state index in [2.05, 4.69) is 31.9 Å². The molecule has 0 amide bonds. The molecule has 2 aromatic carbocycles. The SMILES string of the molecule is O=C(O)c1c(F)cccc1Oc1ccc(Br)cc1Br. The maximum Gasteiger partial charge on any atom is 0.342 e. The average molecular weight is 390 g/mol. The standard InChI is InChI=1S/C13H7Br2FO3/c14-7-4-5-10(8(15)6-7)19-11-3-1-2-9(16)12(11)13(17)18/h1-6H,(H,17,18). The topological polar surface area (TPSA) is 46.5 Å². The van der Waals surface area contributed by atoms with Gasteiger partial charge in [0.15, 0.2) is 0 Å². The zero-order chi connectivity index (χ0) is 14.0. The number of aromatic carboxylic acids is 1. The first-order valence-corrected chi connectivity index (χ1v) is 6.72. The highest BCUT2D eigenvalue weighted by Gasteiger charge is 2.18. The summed E-state index contributed by atoms with van der Waals surface area (Å²) >= 11 is 6.58. The van der Waals surface area contributed by atoms with E-state index in [-0.39, 0.29) is 5.75 Å². The van der Waals surface area contributed by atoms with Crippen LogP contribution in [-0.2, 0) is 0 Å². The molecule has 0 heterocycles. The second-order valence-electron chi connectivity index (χ2n) is 3.59. The van der Waals surface area contributed by atoms with Gasteiger partial charge < -0.3 is 9.84 Å². The van der Waals surface area contributed by atoms with Gasteiger partial charge in [0.25, 0.3) is 0 Å². The van der Waals surface area contributed by atoms with Gasteiger partial charge in [-0.05, 0) is 46.3 Å². The minimum absolute atomic E-state index is 0.0458. The molecule has 0 aromatic heterocycles. The molecule has 0 fully saturated rings. The van der Waals surface area contributed by atoms with E-state index in [1.165, 1.54) is 12.1 Å². The van der Waals surface area contributed by atoms with Crippen LogP contribution < -0.4 is 4.74 Å². The van der Waals surface area contributed by atoms with E-state index < -0.39 is 17.3 Å². The molecule has 0 bridgehead atoms. The Morgan fingerprint density at radius 2 is 1.89 bits per heavy atom. The van der Waals surface area contributed by atoms with Crippen molar-refractivity contribution in [1.29, 1.82) is 0 Å². The summed E-state index contributed by atoms with van der Waals surface area (Å²) in [6.07, 6.45) is 0. The normalized spacial score (nSPS) is 10.3. The smallest absolute Gasteiger partial charge is 0.342 e. The number of carboxylic acid groups (broad SMARTS) is 1. The van der Waals surface area contributed by atoms with Crippen LogP contribution in [-0.4, -0.2) is 11.1 Å². The second kappa shape index (κ2) is 5.71. The summed E-state index contributed by atoms with van der Waals surface area (Å²) in [6.45, 7) is 0. The summed E-state index contributed by atoms with van der Waals surface area (Å²) in [5, 5.41) is 9.00. The minimum atomic E-state index is -1.37. The highest BCUT2D eigenvalue weighted by Crippen LogP contribution is 2.34. The van der Waals surface area contributed by atoms with Gasteiger partial charge in [0, 0.05) is 4.47 Å². The zero-order valence-electron chi connectivity index (χ0n) is 9.36. The van der Waals surface area contributed by atoms with Crippen LogP contribution in [0.2, 0.25) is 0 Å². The van der Waals surface area contributed by atoms with E-state index >= 15 is 0 Å². The Bertz CT molecular complexity index is 644. The first-order valence-electron chi connectivity index (χ1n) is 5.13. The van der Waals surface area contributed by atoms with E-state index in [0.717, 1.165) is 10.5 Å². The Labute approximate surface area is 125 Å². The van der Waals surface area contributed by atoms with Gasteiger partial charge in [-0.2, -0.15) is 0 Å². The lowest BCUT2D eigenvalue weighted by Gasteiger charge is -2.10. The third kappa shape index (κ3) is 3.13. The summed E-state index contributed by atoms with van der Waals surface area (Å²) in [7, 11) is 0. The third-order valence-electron chi connectivity index (χ3n) is 2.30. The Kier molecular flexibility index (Phi) is 4.21. The van der Waals surface area contributed by atoms with E-state index in [9.17, 15) is 9.18 Å². The van der Waals surface area contributed by atoms with Crippen molar-refractivity contribution in [2.75, 3.05) is 0 Å². The van der Waals surface area contributed by atoms with Crippen LogP contribution in [0, 0.1) is 5.82 Å². The largest absolute Gasteiger partial charge is 0.477 e. The molecular weight excluding hydrogens is 383 g/mol. The molecule has 19 heavy (non-hydrogen) atoms. The fourth-order valence-electron chi connectivity index (χ4n) is 1.47. The van der Waals surface area contributed by atoms with Gasteiger partial charge in [0.05, 0.1) is 4.47 Å². The van der Waals surface area contributed by atoms with Crippen LogP contribution in [0.25, 0.3) is 0 Å². The number of hydrogen-bond donors (Lipinski definition) is 1.